The van der Waals surface area contributed by atoms with Gasteiger partial charge in [-0.05, 0) is 65.2 Å². The number of thiophene rings is 1. The molecule has 2 N–H and O–H groups in total. The quantitative estimate of drug-likeness (QED) is 0.232. The number of pyridine rings is 1. The van der Waals surface area contributed by atoms with Crippen molar-refractivity contribution in [1.29, 1.82) is 0 Å². The van der Waals surface area contributed by atoms with E-state index in [1.165, 1.54) is 23.5 Å². The van der Waals surface area contributed by atoms with E-state index in [9.17, 15) is 14.3 Å². The number of aromatic nitrogens is 1. The van der Waals surface area contributed by atoms with Crippen LogP contribution in [0.4, 0.5) is 10.1 Å². The summed E-state index contributed by atoms with van der Waals surface area (Å²) in [6.07, 6.45) is 3.84. The third kappa shape index (κ3) is 5.55. The first-order valence-corrected chi connectivity index (χ1v) is 12.9. The van der Waals surface area contributed by atoms with Gasteiger partial charge in [-0.3, -0.25) is 9.78 Å². The van der Waals surface area contributed by atoms with Crippen LogP contribution in [0.2, 0.25) is 0 Å². The lowest BCUT2D eigenvalue weighted by molar-refractivity contribution is 0.102. The molecule has 5 rings (SSSR count). The van der Waals surface area contributed by atoms with E-state index in [0.29, 0.717) is 17.7 Å². The SMILES string of the molecule is O=C(Nc1ccc(-c2c(C#CCCO)sc(-c3ccc(F)cc3)c2-c2ccncc2)cc1)c1ccccc1. The standard InChI is InChI=1S/C32H23FN2O2S/c33-26-13-9-24(10-14-26)31-30(23-17-19-34-20-18-23)29(28(38-31)8-4-5-21-36)22-11-15-27(16-12-22)35-32(37)25-6-2-1-3-7-25/h1-3,6-7,9-20,36H,5,21H2,(H,35,37). The summed E-state index contributed by atoms with van der Waals surface area (Å²) in [5, 5.41) is 12.2. The lowest BCUT2D eigenvalue weighted by Gasteiger charge is -2.11. The Balaban J connectivity index is 1.62. The van der Waals surface area contributed by atoms with E-state index in [2.05, 4.69) is 22.1 Å². The third-order valence-electron chi connectivity index (χ3n) is 5.89. The lowest BCUT2D eigenvalue weighted by atomic mass is 9.93. The molecular weight excluding hydrogens is 495 g/mol. The Morgan fingerprint density at radius 2 is 1.50 bits per heavy atom. The number of benzene rings is 3. The molecule has 0 aliphatic carbocycles. The molecule has 2 aromatic heterocycles. The van der Waals surface area contributed by atoms with Crippen molar-refractivity contribution in [2.45, 2.75) is 6.42 Å². The molecule has 5 aromatic rings. The molecule has 3 aromatic carbocycles. The Morgan fingerprint density at radius 3 is 2.18 bits per heavy atom. The molecule has 0 spiro atoms. The van der Waals surface area contributed by atoms with Crippen molar-refractivity contribution in [3.05, 3.63) is 120 Å². The van der Waals surface area contributed by atoms with Gasteiger partial charge in [-0.1, -0.05) is 54.3 Å². The van der Waals surface area contributed by atoms with Crippen LogP contribution in [-0.4, -0.2) is 22.6 Å². The average Bonchev–Trinajstić information content (AvgIpc) is 3.34. The summed E-state index contributed by atoms with van der Waals surface area (Å²) in [5.74, 6) is 5.81. The maximum atomic E-state index is 13.7. The zero-order valence-electron chi connectivity index (χ0n) is 20.3. The van der Waals surface area contributed by atoms with Gasteiger partial charge in [0.2, 0.25) is 0 Å². The molecule has 38 heavy (non-hydrogen) atoms. The van der Waals surface area contributed by atoms with Crippen LogP contribution in [0.3, 0.4) is 0 Å². The molecule has 0 radical (unpaired) electrons. The second-order valence-electron chi connectivity index (χ2n) is 8.43. The smallest absolute Gasteiger partial charge is 0.255 e. The van der Waals surface area contributed by atoms with Crippen LogP contribution in [0, 0.1) is 17.7 Å². The van der Waals surface area contributed by atoms with E-state index in [4.69, 9.17) is 0 Å². The first-order valence-electron chi connectivity index (χ1n) is 12.0. The van der Waals surface area contributed by atoms with E-state index >= 15 is 0 Å². The molecule has 186 valence electrons. The summed E-state index contributed by atoms with van der Waals surface area (Å²) < 4.78 is 13.7. The zero-order valence-corrected chi connectivity index (χ0v) is 21.1. The lowest BCUT2D eigenvalue weighted by Crippen LogP contribution is -2.11. The molecule has 4 nitrogen and oxygen atoms in total. The van der Waals surface area contributed by atoms with Gasteiger partial charge in [-0.2, -0.15) is 0 Å². The van der Waals surface area contributed by atoms with Gasteiger partial charge in [-0.25, -0.2) is 4.39 Å². The number of hydrogen-bond acceptors (Lipinski definition) is 4. The van der Waals surface area contributed by atoms with Gasteiger partial charge in [0.15, 0.2) is 0 Å². The minimum atomic E-state index is -0.299. The van der Waals surface area contributed by atoms with E-state index in [-0.39, 0.29) is 18.3 Å². The third-order valence-corrected chi connectivity index (χ3v) is 7.04. The van der Waals surface area contributed by atoms with Crippen molar-refractivity contribution < 1.29 is 14.3 Å². The van der Waals surface area contributed by atoms with Crippen molar-refractivity contribution in [3.63, 3.8) is 0 Å². The first-order chi connectivity index (χ1) is 18.6. The maximum Gasteiger partial charge on any atom is 0.255 e. The van der Waals surface area contributed by atoms with Gasteiger partial charge < -0.3 is 10.4 Å². The fraction of sp³-hybridized carbons (Fsp3) is 0.0625. The molecule has 0 unspecified atom stereocenters. The minimum Gasteiger partial charge on any atom is -0.395 e. The molecule has 0 aliphatic rings. The normalized spacial score (nSPS) is 10.5. The fourth-order valence-corrected chi connectivity index (χ4v) is 5.33. The number of halogens is 1. The van der Waals surface area contributed by atoms with Crippen LogP contribution >= 0.6 is 11.3 Å². The summed E-state index contributed by atoms with van der Waals surface area (Å²) in [5.41, 5.74) is 5.93. The minimum absolute atomic E-state index is 0.0223. The Kier molecular flexibility index (Phi) is 7.70. The van der Waals surface area contributed by atoms with Gasteiger partial charge in [0.05, 0.1) is 11.5 Å². The summed E-state index contributed by atoms with van der Waals surface area (Å²) in [7, 11) is 0. The van der Waals surface area contributed by atoms with Gasteiger partial charge in [0.1, 0.15) is 5.82 Å². The molecule has 0 fully saturated rings. The average molecular weight is 519 g/mol. The van der Waals surface area contributed by atoms with Crippen molar-refractivity contribution in [3.8, 4) is 44.5 Å². The van der Waals surface area contributed by atoms with Crippen LogP contribution in [0.15, 0.2) is 103 Å². The van der Waals surface area contributed by atoms with Crippen molar-refractivity contribution in [2.75, 3.05) is 11.9 Å². The molecule has 0 saturated heterocycles. The first kappa shape index (κ1) is 25.1. The van der Waals surface area contributed by atoms with E-state index in [1.54, 1.807) is 36.7 Å². The Morgan fingerprint density at radius 1 is 0.842 bits per heavy atom. The second-order valence-corrected chi connectivity index (χ2v) is 9.45. The number of nitrogens with one attached hydrogen (secondary N) is 1. The number of hydrogen-bond donors (Lipinski definition) is 2. The number of rotatable bonds is 6. The van der Waals surface area contributed by atoms with Crippen LogP contribution in [0.25, 0.3) is 32.7 Å². The van der Waals surface area contributed by atoms with Crippen LogP contribution in [-0.2, 0) is 0 Å². The van der Waals surface area contributed by atoms with Crippen molar-refractivity contribution >= 4 is 22.9 Å². The Bertz CT molecular complexity index is 1600. The van der Waals surface area contributed by atoms with Gasteiger partial charge in [0.25, 0.3) is 5.91 Å². The summed E-state index contributed by atoms with van der Waals surface area (Å²) in [4.78, 5) is 18.6. The topological polar surface area (TPSA) is 62.2 Å². The molecule has 1 amide bonds. The molecule has 0 saturated carbocycles. The van der Waals surface area contributed by atoms with Crippen molar-refractivity contribution in [2.24, 2.45) is 0 Å². The van der Waals surface area contributed by atoms with E-state index in [0.717, 1.165) is 37.6 Å². The number of nitrogens with zero attached hydrogens (tertiary/aromatic N) is 1. The number of amides is 1. The fourth-order valence-electron chi connectivity index (χ4n) is 4.10. The Hall–Kier alpha value is -4.57. The maximum absolute atomic E-state index is 13.7. The molecule has 0 atom stereocenters. The van der Waals surface area contributed by atoms with Gasteiger partial charge in [0, 0.05) is 46.1 Å². The largest absolute Gasteiger partial charge is 0.395 e. The van der Waals surface area contributed by atoms with Crippen LogP contribution in [0.1, 0.15) is 21.7 Å². The molecule has 6 heteroatoms. The number of carbonyl (C=O) groups excluding carboxylic acids is 1. The molecule has 0 bridgehead atoms. The highest BCUT2D eigenvalue weighted by molar-refractivity contribution is 7.17. The highest BCUT2D eigenvalue weighted by atomic mass is 32.1. The summed E-state index contributed by atoms with van der Waals surface area (Å²) in [6, 6.07) is 27.0. The van der Waals surface area contributed by atoms with E-state index < -0.39 is 0 Å². The molecule has 0 aliphatic heterocycles. The van der Waals surface area contributed by atoms with E-state index in [1.807, 2.05) is 54.6 Å². The number of aliphatic hydroxyl groups is 1. The number of carbonyl (C=O) groups is 1. The highest BCUT2D eigenvalue weighted by Crippen LogP contribution is 2.47. The number of aliphatic hydroxyl groups excluding tert-OH is 1. The Labute approximate surface area is 224 Å². The predicted octanol–water partition coefficient (Wildman–Crippen LogP) is 7.27. The molecule has 2 heterocycles. The molecular formula is C32H23FN2O2S. The monoisotopic (exact) mass is 518 g/mol. The van der Waals surface area contributed by atoms with Crippen molar-refractivity contribution in [1.82, 2.24) is 4.98 Å². The predicted molar refractivity (Wildman–Crippen MR) is 151 cm³/mol. The highest BCUT2D eigenvalue weighted by Gasteiger charge is 2.22. The van der Waals surface area contributed by atoms with Gasteiger partial charge in [-0.15, -0.1) is 11.3 Å². The second kappa shape index (κ2) is 11.7. The summed E-state index contributed by atoms with van der Waals surface area (Å²) in [6.45, 7) is -0.0223. The van der Waals surface area contributed by atoms with Gasteiger partial charge >= 0.3 is 0 Å². The van der Waals surface area contributed by atoms with Crippen LogP contribution < -0.4 is 5.32 Å². The zero-order chi connectivity index (χ0) is 26.3. The summed E-state index contributed by atoms with van der Waals surface area (Å²) >= 11 is 1.53. The number of anilines is 1. The van der Waals surface area contributed by atoms with Crippen LogP contribution in [0.5, 0.6) is 0 Å².